The molecule has 1 aliphatic rings. The molecule has 0 aliphatic carbocycles. The Hall–Kier alpha value is -1.25. The van der Waals surface area contributed by atoms with Crippen molar-refractivity contribution in [2.75, 3.05) is 18.8 Å². The Morgan fingerprint density at radius 3 is 2.41 bits per heavy atom. The zero-order valence-corrected chi connectivity index (χ0v) is 13.0. The summed E-state index contributed by atoms with van der Waals surface area (Å²) >= 11 is 0. The van der Waals surface area contributed by atoms with Gasteiger partial charge in [-0.3, -0.25) is 5.10 Å². The van der Waals surface area contributed by atoms with E-state index in [9.17, 15) is 13.2 Å². The first-order valence-electron chi connectivity index (χ1n) is 6.39. The second-order valence-corrected chi connectivity index (χ2v) is 4.95. The second-order valence-electron chi connectivity index (χ2n) is 4.95. The van der Waals surface area contributed by atoms with E-state index in [0.29, 0.717) is 5.69 Å². The third-order valence-electron chi connectivity index (χ3n) is 3.63. The van der Waals surface area contributed by atoms with E-state index in [0.717, 1.165) is 32.0 Å². The largest absolute Gasteiger partial charge is 0.417 e. The molecule has 0 atom stereocenters. The molecule has 0 amide bonds. The number of pyridine rings is 1. The Labute approximate surface area is 137 Å². The number of H-pyrrole nitrogens is 1. The molecule has 5 nitrogen and oxygen atoms in total. The van der Waals surface area contributed by atoms with Crippen LogP contribution in [0.15, 0.2) is 6.07 Å². The highest BCUT2D eigenvalue weighted by molar-refractivity contribution is 5.89. The van der Waals surface area contributed by atoms with Gasteiger partial charge in [-0.15, -0.1) is 24.8 Å². The van der Waals surface area contributed by atoms with E-state index in [2.05, 4.69) is 20.5 Å². The van der Waals surface area contributed by atoms with Crippen LogP contribution in [0.4, 0.5) is 19.0 Å². The number of nitrogens with zero attached hydrogens (tertiary/aromatic N) is 2. The van der Waals surface area contributed by atoms with Crippen LogP contribution in [0.3, 0.4) is 0 Å². The second kappa shape index (κ2) is 6.89. The number of nitrogens with two attached hydrogens (primary N) is 1. The van der Waals surface area contributed by atoms with E-state index < -0.39 is 11.7 Å². The number of alkyl halides is 3. The maximum absolute atomic E-state index is 13.2. The minimum Gasteiger partial charge on any atom is -0.383 e. The van der Waals surface area contributed by atoms with Gasteiger partial charge in [0.25, 0.3) is 0 Å². The summed E-state index contributed by atoms with van der Waals surface area (Å²) in [5.41, 5.74) is 5.25. The van der Waals surface area contributed by atoms with Crippen molar-refractivity contribution >= 4 is 41.7 Å². The van der Waals surface area contributed by atoms with E-state index in [4.69, 9.17) is 5.73 Å². The van der Waals surface area contributed by atoms with E-state index in [1.54, 1.807) is 0 Å². The van der Waals surface area contributed by atoms with Gasteiger partial charge in [-0.05, 0) is 32.0 Å². The fraction of sp³-hybridized carbons (Fsp3) is 0.500. The van der Waals surface area contributed by atoms with Crippen molar-refractivity contribution < 1.29 is 13.2 Å². The minimum absolute atomic E-state index is 0. The lowest BCUT2D eigenvalue weighted by Crippen LogP contribution is -2.27. The summed E-state index contributed by atoms with van der Waals surface area (Å²) in [7, 11) is 0. The minimum atomic E-state index is -4.47. The number of nitrogen functional groups attached to an aromatic ring is 1. The van der Waals surface area contributed by atoms with Gasteiger partial charge in [0.15, 0.2) is 5.65 Å². The maximum Gasteiger partial charge on any atom is 0.417 e. The van der Waals surface area contributed by atoms with Crippen molar-refractivity contribution in [1.82, 2.24) is 20.5 Å². The molecule has 3 rings (SSSR count). The van der Waals surface area contributed by atoms with Crippen molar-refractivity contribution in [1.29, 1.82) is 0 Å². The Balaban J connectivity index is 0.00000121. The molecular formula is C12H16Cl2F3N5. The van der Waals surface area contributed by atoms with Crippen molar-refractivity contribution in [2.45, 2.75) is 24.9 Å². The molecule has 10 heteroatoms. The Morgan fingerprint density at radius 2 is 1.82 bits per heavy atom. The lowest BCUT2D eigenvalue weighted by molar-refractivity contribution is -0.136. The fourth-order valence-corrected chi connectivity index (χ4v) is 2.62. The van der Waals surface area contributed by atoms with E-state index in [-0.39, 0.29) is 47.6 Å². The summed E-state index contributed by atoms with van der Waals surface area (Å²) < 4.78 is 39.6. The first kappa shape index (κ1) is 18.8. The van der Waals surface area contributed by atoms with Crippen molar-refractivity contribution in [3.63, 3.8) is 0 Å². The molecule has 2 aromatic rings. The summed E-state index contributed by atoms with van der Waals surface area (Å²) in [4.78, 5) is 4.24. The third-order valence-corrected chi connectivity index (χ3v) is 3.63. The molecule has 1 fully saturated rings. The van der Waals surface area contributed by atoms with Gasteiger partial charge in [-0.25, -0.2) is 4.98 Å². The zero-order valence-electron chi connectivity index (χ0n) is 11.4. The molecule has 3 heterocycles. The van der Waals surface area contributed by atoms with Crippen molar-refractivity contribution in [3.8, 4) is 0 Å². The highest BCUT2D eigenvalue weighted by Gasteiger charge is 2.36. The molecule has 0 aromatic carbocycles. The van der Waals surface area contributed by atoms with Crippen LogP contribution in [0.1, 0.15) is 30.0 Å². The summed E-state index contributed by atoms with van der Waals surface area (Å²) in [6.07, 6.45) is -2.92. The maximum atomic E-state index is 13.2. The number of aromatic amines is 1. The molecule has 124 valence electrons. The van der Waals surface area contributed by atoms with Gasteiger partial charge in [0, 0.05) is 11.6 Å². The van der Waals surface area contributed by atoms with Gasteiger partial charge in [0.05, 0.1) is 10.9 Å². The molecule has 0 bridgehead atoms. The number of halogens is 5. The summed E-state index contributed by atoms with van der Waals surface area (Å²) in [6.45, 7) is 1.57. The zero-order chi connectivity index (χ0) is 14.3. The molecule has 0 spiro atoms. The number of nitrogens with one attached hydrogen (secondary N) is 2. The van der Waals surface area contributed by atoms with Gasteiger partial charge in [0.2, 0.25) is 0 Å². The van der Waals surface area contributed by atoms with Gasteiger partial charge in [-0.1, -0.05) is 0 Å². The SMILES string of the molecule is Cl.Cl.Nc1[nH]nc2nc(C3CCNCC3)cc(C(F)(F)F)c12. The van der Waals surface area contributed by atoms with E-state index in [1.165, 1.54) is 0 Å². The van der Waals surface area contributed by atoms with E-state index >= 15 is 0 Å². The van der Waals surface area contributed by atoms with Crippen LogP contribution >= 0.6 is 24.8 Å². The van der Waals surface area contributed by atoms with Crippen LogP contribution < -0.4 is 11.1 Å². The molecule has 4 N–H and O–H groups in total. The number of rotatable bonds is 1. The number of hydrogen-bond acceptors (Lipinski definition) is 4. The third kappa shape index (κ3) is 3.39. The number of hydrogen-bond donors (Lipinski definition) is 3. The molecule has 0 unspecified atom stereocenters. The normalized spacial score (nSPS) is 16.1. The van der Waals surface area contributed by atoms with Crippen LogP contribution in [0.5, 0.6) is 0 Å². The lowest BCUT2D eigenvalue weighted by atomic mass is 9.93. The monoisotopic (exact) mass is 357 g/mol. The summed E-state index contributed by atoms with van der Waals surface area (Å²) in [5.74, 6) is -0.0728. The average molecular weight is 358 g/mol. The predicted molar refractivity (Wildman–Crippen MR) is 82.6 cm³/mol. The summed E-state index contributed by atoms with van der Waals surface area (Å²) in [5, 5.41) is 9.18. The molecular weight excluding hydrogens is 342 g/mol. The van der Waals surface area contributed by atoms with Crippen LogP contribution in [0, 0.1) is 0 Å². The van der Waals surface area contributed by atoms with Crippen LogP contribution in [0.2, 0.25) is 0 Å². The van der Waals surface area contributed by atoms with Crippen molar-refractivity contribution in [3.05, 3.63) is 17.3 Å². The molecule has 2 aromatic heterocycles. The number of aromatic nitrogens is 3. The van der Waals surface area contributed by atoms with Crippen LogP contribution in [0.25, 0.3) is 11.0 Å². The standard InChI is InChI=1S/C12H14F3N5.2ClH/c13-12(14,15)7-5-8(6-1-3-17-4-2-6)18-11-9(7)10(16)19-20-11;;/h5-6,17H,1-4H2,(H3,16,18,19,20);2*1H. The number of anilines is 1. The van der Waals surface area contributed by atoms with Gasteiger partial charge in [0.1, 0.15) is 5.82 Å². The average Bonchev–Trinajstić information content (AvgIpc) is 2.79. The fourth-order valence-electron chi connectivity index (χ4n) is 2.62. The molecule has 1 saturated heterocycles. The quantitative estimate of drug-likeness (QED) is 0.733. The molecule has 22 heavy (non-hydrogen) atoms. The molecule has 1 aliphatic heterocycles. The highest BCUT2D eigenvalue weighted by atomic mass is 35.5. The van der Waals surface area contributed by atoms with Crippen molar-refractivity contribution in [2.24, 2.45) is 0 Å². The number of fused-ring (bicyclic) bond motifs is 1. The van der Waals surface area contributed by atoms with E-state index in [1.807, 2.05) is 0 Å². The van der Waals surface area contributed by atoms with Gasteiger partial charge >= 0.3 is 6.18 Å². The highest BCUT2D eigenvalue weighted by Crippen LogP contribution is 2.38. The Morgan fingerprint density at radius 1 is 1.18 bits per heavy atom. The lowest BCUT2D eigenvalue weighted by Gasteiger charge is -2.22. The topological polar surface area (TPSA) is 79.6 Å². The Kier molecular flexibility index (Phi) is 5.89. The first-order chi connectivity index (χ1) is 9.47. The first-order valence-corrected chi connectivity index (χ1v) is 6.39. The van der Waals surface area contributed by atoms with Crippen LogP contribution in [-0.4, -0.2) is 28.3 Å². The smallest absolute Gasteiger partial charge is 0.383 e. The molecule has 0 saturated carbocycles. The molecule has 0 radical (unpaired) electrons. The van der Waals surface area contributed by atoms with Gasteiger partial charge < -0.3 is 11.1 Å². The van der Waals surface area contributed by atoms with Gasteiger partial charge in [-0.2, -0.15) is 18.3 Å². The van der Waals surface area contributed by atoms with Crippen LogP contribution in [-0.2, 0) is 6.18 Å². The Bertz CT molecular complexity index is 637. The summed E-state index contributed by atoms with van der Waals surface area (Å²) in [6, 6.07) is 1.12. The predicted octanol–water partition coefficient (Wildman–Crippen LogP) is 2.87. The number of piperidine rings is 1.